The Bertz CT molecular complexity index is 397. The summed E-state index contributed by atoms with van der Waals surface area (Å²) < 4.78 is 16.3. The van der Waals surface area contributed by atoms with Crippen molar-refractivity contribution in [1.29, 1.82) is 0 Å². The molecule has 3 nitrogen and oxygen atoms in total. The summed E-state index contributed by atoms with van der Waals surface area (Å²) in [7, 11) is 1.83. The van der Waals surface area contributed by atoms with Gasteiger partial charge in [0.2, 0.25) is 0 Å². The molecule has 5 heteroatoms. The lowest BCUT2D eigenvalue weighted by atomic mass is 9.91. The van der Waals surface area contributed by atoms with Crippen LogP contribution in [-0.2, 0) is 19.9 Å². The van der Waals surface area contributed by atoms with Crippen molar-refractivity contribution in [1.82, 2.24) is 15.1 Å². The molecule has 1 aromatic rings. The Morgan fingerprint density at radius 2 is 2.35 bits per heavy atom. The van der Waals surface area contributed by atoms with Crippen LogP contribution in [-0.4, -0.2) is 28.5 Å². The van der Waals surface area contributed by atoms with Crippen LogP contribution >= 0.6 is 11.6 Å². The van der Waals surface area contributed by atoms with Gasteiger partial charge in [-0.3, -0.25) is 4.68 Å². The van der Waals surface area contributed by atoms with Gasteiger partial charge in [-0.1, -0.05) is 18.5 Å². The minimum Gasteiger partial charge on any atom is -0.314 e. The Labute approximate surface area is 106 Å². The fraction of sp³-hybridized carbons (Fsp3) is 0.750. The summed E-state index contributed by atoms with van der Waals surface area (Å²) >= 11 is 6.24. The molecule has 1 aromatic heterocycles. The second-order valence-electron chi connectivity index (χ2n) is 4.79. The molecule has 0 saturated carbocycles. The van der Waals surface area contributed by atoms with E-state index in [1.54, 1.807) is 4.68 Å². The van der Waals surface area contributed by atoms with Gasteiger partial charge >= 0.3 is 0 Å². The van der Waals surface area contributed by atoms with E-state index in [0.717, 1.165) is 30.8 Å². The van der Waals surface area contributed by atoms with E-state index >= 15 is 0 Å². The molecule has 2 heterocycles. The van der Waals surface area contributed by atoms with Crippen molar-refractivity contribution in [3.63, 3.8) is 0 Å². The molecule has 1 N–H and O–H groups in total. The van der Waals surface area contributed by atoms with Crippen LogP contribution in [0, 0.1) is 0 Å². The number of aromatic nitrogens is 2. The lowest BCUT2D eigenvalue weighted by Gasteiger charge is -2.30. The van der Waals surface area contributed by atoms with Gasteiger partial charge in [0.25, 0.3) is 0 Å². The highest BCUT2D eigenvalue weighted by atomic mass is 35.5. The number of hydrogen-bond acceptors (Lipinski definition) is 2. The van der Waals surface area contributed by atoms with Crippen molar-refractivity contribution in [2.75, 3.05) is 13.1 Å². The number of rotatable bonds is 3. The fourth-order valence-corrected chi connectivity index (χ4v) is 2.75. The number of alkyl halides is 1. The van der Waals surface area contributed by atoms with E-state index in [1.165, 1.54) is 0 Å². The summed E-state index contributed by atoms with van der Waals surface area (Å²) in [6, 6.07) is 0. The topological polar surface area (TPSA) is 29.9 Å². The summed E-state index contributed by atoms with van der Waals surface area (Å²) in [5, 5.41) is 8.07. The van der Waals surface area contributed by atoms with Crippen molar-refractivity contribution in [2.45, 2.75) is 38.3 Å². The molecule has 2 rings (SSSR count). The molecular formula is C12H19ClFN3. The first-order valence-electron chi connectivity index (χ1n) is 6.15. The molecule has 96 valence electrons. The molecule has 1 aliphatic rings. The van der Waals surface area contributed by atoms with Crippen LogP contribution in [0.3, 0.4) is 0 Å². The Kier molecular flexibility index (Phi) is 3.73. The zero-order valence-electron chi connectivity index (χ0n) is 10.4. The molecule has 0 radical (unpaired) electrons. The number of halogens is 2. The van der Waals surface area contributed by atoms with E-state index in [4.69, 9.17) is 11.6 Å². The first-order valence-corrected chi connectivity index (χ1v) is 6.53. The van der Waals surface area contributed by atoms with Crippen LogP contribution < -0.4 is 5.32 Å². The normalized spacial score (nSPS) is 25.2. The quantitative estimate of drug-likeness (QED) is 0.903. The van der Waals surface area contributed by atoms with Crippen molar-refractivity contribution < 1.29 is 4.39 Å². The maximum atomic E-state index is 14.6. The average molecular weight is 260 g/mol. The summed E-state index contributed by atoms with van der Waals surface area (Å²) in [6.45, 7) is 3.33. The van der Waals surface area contributed by atoms with Gasteiger partial charge in [-0.15, -0.1) is 0 Å². The molecule has 17 heavy (non-hydrogen) atoms. The molecule has 0 bridgehead atoms. The van der Waals surface area contributed by atoms with E-state index in [2.05, 4.69) is 10.4 Å². The van der Waals surface area contributed by atoms with Crippen molar-refractivity contribution >= 4 is 11.6 Å². The highest BCUT2D eigenvalue weighted by Crippen LogP contribution is 2.30. The van der Waals surface area contributed by atoms with Crippen LogP contribution in [0.15, 0.2) is 0 Å². The first-order chi connectivity index (χ1) is 8.06. The van der Waals surface area contributed by atoms with Crippen molar-refractivity contribution in [3.8, 4) is 0 Å². The number of nitrogens with one attached hydrogen (secondary N) is 1. The Hall–Kier alpha value is -0.610. The number of nitrogens with zero attached hydrogens (tertiary/aromatic N) is 2. The first kappa shape index (κ1) is 12.8. The largest absolute Gasteiger partial charge is 0.314 e. The van der Waals surface area contributed by atoms with Crippen LogP contribution in [0.4, 0.5) is 4.39 Å². The molecule has 1 atom stereocenters. The predicted octanol–water partition coefficient (Wildman–Crippen LogP) is 2.27. The van der Waals surface area contributed by atoms with Crippen LogP contribution in [0.2, 0.25) is 5.02 Å². The maximum Gasteiger partial charge on any atom is 0.129 e. The number of aryl methyl sites for hydroxylation is 2. The lowest BCUT2D eigenvalue weighted by Crippen LogP contribution is -2.44. The monoisotopic (exact) mass is 259 g/mol. The van der Waals surface area contributed by atoms with E-state index in [-0.39, 0.29) is 0 Å². The zero-order chi connectivity index (χ0) is 12.5. The highest BCUT2D eigenvalue weighted by molar-refractivity contribution is 6.31. The van der Waals surface area contributed by atoms with E-state index in [0.29, 0.717) is 24.4 Å². The molecule has 0 aliphatic carbocycles. The smallest absolute Gasteiger partial charge is 0.129 e. The van der Waals surface area contributed by atoms with E-state index in [1.807, 2.05) is 14.0 Å². The Morgan fingerprint density at radius 1 is 1.59 bits per heavy atom. The van der Waals surface area contributed by atoms with Crippen LogP contribution in [0.5, 0.6) is 0 Å². The summed E-state index contributed by atoms with van der Waals surface area (Å²) in [5.74, 6) is 0. The molecule has 0 spiro atoms. The van der Waals surface area contributed by atoms with Gasteiger partial charge in [-0.2, -0.15) is 5.10 Å². The minimum absolute atomic E-state index is 0.350. The minimum atomic E-state index is -1.18. The van der Waals surface area contributed by atoms with Gasteiger partial charge < -0.3 is 5.32 Å². The lowest BCUT2D eigenvalue weighted by molar-refractivity contribution is 0.120. The number of hydrogen-bond donors (Lipinski definition) is 1. The summed E-state index contributed by atoms with van der Waals surface area (Å²) in [5.41, 5.74) is 0.493. The predicted molar refractivity (Wildman–Crippen MR) is 67.2 cm³/mol. The average Bonchev–Trinajstić information content (AvgIpc) is 2.57. The third-order valence-electron chi connectivity index (χ3n) is 3.41. The Morgan fingerprint density at radius 3 is 2.88 bits per heavy atom. The fourth-order valence-electron chi connectivity index (χ4n) is 2.39. The molecule has 0 amide bonds. The van der Waals surface area contributed by atoms with E-state index in [9.17, 15) is 4.39 Å². The molecule has 1 fully saturated rings. The highest BCUT2D eigenvalue weighted by Gasteiger charge is 2.34. The summed E-state index contributed by atoms with van der Waals surface area (Å²) in [4.78, 5) is 0. The Balaban J connectivity index is 2.20. The SMILES string of the molecule is CCc1nn(C)c(CC2(F)CCCNC2)c1Cl. The van der Waals surface area contributed by atoms with Crippen molar-refractivity contribution in [2.24, 2.45) is 7.05 Å². The van der Waals surface area contributed by atoms with Gasteiger partial charge in [-0.25, -0.2) is 4.39 Å². The summed E-state index contributed by atoms with van der Waals surface area (Å²) in [6.07, 6.45) is 2.61. The standard InChI is InChI=1S/C12H19ClFN3/c1-3-9-11(13)10(17(2)16-9)7-12(14)5-4-6-15-8-12/h15H,3-8H2,1-2H3. The van der Waals surface area contributed by atoms with Gasteiger partial charge in [0, 0.05) is 20.0 Å². The second-order valence-corrected chi connectivity index (χ2v) is 5.17. The van der Waals surface area contributed by atoms with Gasteiger partial charge in [0.15, 0.2) is 0 Å². The third-order valence-corrected chi connectivity index (χ3v) is 3.84. The van der Waals surface area contributed by atoms with Crippen LogP contribution in [0.25, 0.3) is 0 Å². The number of piperidine rings is 1. The molecule has 0 aromatic carbocycles. The molecule has 1 saturated heterocycles. The molecular weight excluding hydrogens is 241 g/mol. The van der Waals surface area contributed by atoms with Gasteiger partial charge in [0.1, 0.15) is 5.67 Å². The third kappa shape index (κ3) is 2.63. The van der Waals surface area contributed by atoms with E-state index < -0.39 is 5.67 Å². The van der Waals surface area contributed by atoms with Gasteiger partial charge in [0.05, 0.1) is 16.4 Å². The van der Waals surface area contributed by atoms with Crippen LogP contribution in [0.1, 0.15) is 31.2 Å². The molecule has 1 aliphatic heterocycles. The maximum absolute atomic E-state index is 14.6. The second kappa shape index (κ2) is 4.94. The van der Waals surface area contributed by atoms with Gasteiger partial charge in [-0.05, 0) is 25.8 Å². The zero-order valence-corrected chi connectivity index (χ0v) is 11.1. The molecule has 1 unspecified atom stereocenters. The van der Waals surface area contributed by atoms with Crippen molar-refractivity contribution in [3.05, 3.63) is 16.4 Å².